The van der Waals surface area contributed by atoms with E-state index in [2.05, 4.69) is 15.3 Å². The van der Waals surface area contributed by atoms with Gasteiger partial charge in [0.25, 0.3) is 0 Å². The second kappa shape index (κ2) is 7.72. The molecule has 2 heterocycles. The maximum Gasteiger partial charge on any atom is 0.243 e. The van der Waals surface area contributed by atoms with Crippen molar-refractivity contribution in [2.75, 3.05) is 11.4 Å². The Bertz CT molecular complexity index is 1020. The molecule has 28 heavy (non-hydrogen) atoms. The van der Waals surface area contributed by atoms with Crippen molar-refractivity contribution in [2.24, 2.45) is 0 Å². The largest absolute Gasteiger partial charge is 0.350 e. The Balaban J connectivity index is 1.52. The van der Waals surface area contributed by atoms with E-state index in [0.717, 1.165) is 18.4 Å². The highest BCUT2D eigenvalue weighted by molar-refractivity contribution is 6.30. The molecule has 1 saturated heterocycles. The smallest absolute Gasteiger partial charge is 0.243 e. The lowest BCUT2D eigenvalue weighted by molar-refractivity contribution is -0.122. The number of aromatic nitrogens is 2. The van der Waals surface area contributed by atoms with Crippen LogP contribution in [0.4, 0.5) is 10.3 Å². The van der Waals surface area contributed by atoms with E-state index in [1.54, 1.807) is 18.2 Å². The molecule has 7 heteroatoms. The summed E-state index contributed by atoms with van der Waals surface area (Å²) in [6.07, 6.45) is 1.64. The molecule has 4 rings (SSSR count). The molecule has 0 aliphatic carbocycles. The SMILES string of the molecule is Cc1nc(N2CCC[C@H]2C(=O)NCc2ccc(Cl)cc2)nc2ccc(F)cc12. The standard InChI is InChI=1S/C21H20ClFN4O/c1-13-17-11-16(23)8-9-18(17)26-21(25-13)27-10-2-3-19(27)20(28)24-12-14-4-6-15(22)7-5-14/h4-9,11,19H,2-3,10,12H2,1H3,(H,24,28)/t19-/m0/s1. The summed E-state index contributed by atoms with van der Waals surface area (Å²) < 4.78 is 13.5. The van der Waals surface area contributed by atoms with Crippen LogP contribution in [0.3, 0.4) is 0 Å². The van der Waals surface area contributed by atoms with Gasteiger partial charge in [0.15, 0.2) is 0 Å². The van der Waals surface area contributed by atoms with Gasteiger partial charge in [0, 0.05) is 23.5 Å². The van der Waals surface area contributed by atoms with Crippen molar-refractivity contribution in [2.45, 2.75) is 32.4 Å². The van der Waals surface area contributed by atoms with Crippen molar-refractivity contribution in [3.8, 4) is 0 Å². The molecular weight excluding hydrogens is 379 g/mol. The summed E-state index contributed by atoms with van der Waals surface area (Å²) >= 11 is 5.90. The fourth-order valence-electron chi connectivity index (χ4n) is 3.55. The highest BCUT2D eigenvalue weighted by Crippen LogP contribution is 2.26. The van der Waals surface area contributed by atoms with E-state index in [-0.39, 0.29) is 17.8 Å². The molecule has 144 valence electrons. The number of nitrogens with one attached hydrogen (secondary N) is 1. The van der Waals surface area contributed by atoms with E-state index in [9.17, 15) is 9.18 Å². The van der Waals surface area contributed by atoms with Gasteiger partial charge in [0.1, 0.15) is 11.9 Å². The molecule has 2 aromatic carbocycles. The molecule has 1 N–H and O–H groups in total. The van der Waals surface area contributed by atoms with Gasteiger partial charge in [-0.1, -0.05) is 23.7 Å². The number of rotatable bonds is 4. The zero-order chi connectivity index (χ0) is 19.7. The third kappa shape index (κ3) is 3.78. The van der Waals surface area contributed by atoms with Crippen LogP contribution in [0.5, 0.6) is 0 Å². The van der Waals surface area contributed by atoms with Crippen LogP contribution in [0.25, 0.3) is 10.9 Å². The normalized spacial score (nSPS) is 16.5. The van der Waals surface area contributed by atoms with Crippen molar-refractivity contribution in [1.29, 1.82) is 0 Å². The van der Waals surface area contributed by atoms with E-state index < -0.39 is 0 Å². The van der Waals surface area contributed by atoms with E-state index >= 15 is 0 Å². The van der Waals surface area contributed by atoms with Gasteiger partial charge in [0.2, 0.25) is 11.9 Å². The monoisotopic (exact) mass is 398 g/mol. The minimum Gasteiger partial charge on any atom is -0.350 e. The van der Waals surface area contributed by atoms with E-state index in [1.807, 2.05) is 24.0 Å². The number of carbonyl (C=O) groups excluding carboxylic acids is 1. The van der Waals surface area contributed by atoms with Crippen LogP contribution in [0.2, 0.25) is 5.02 Å². The second-order valence-corrected chi connectivity index (χ2v) is 7.40. The van der Waals surface area contributed by atoms with Crippen LogP contribution in [0.1, 0.15) is 24.1 Å². The number of hydrogen-bond donors (Lipinski definition) is 1. The molecule has 0 bridgehead atoms. The molecule has 0 unspecified atom stereocenters. The average molecular weight is 399 g/mol. The van der Waals surface area contributed by atoms with Crippen LogP contribution >= 0.6 is 11.6 Å². The number of benzene rings is 2. The summed E-state index contributed by atoms with van der Waals surface area (Å²) in [5, 5.41) is 4.34. The van der Waals surface area contributed by atoms with Gasteiger partial charge in [-0.2, -0.15) is 0 Å². The second-order valence-electron chi connectivity index (χ2n) is 6.97. The lowest BCUT2D eigenvalue weighted by Gasteiger charge is -2.24. The highest BCUT2D eigenvalue weighted by atomic mass is 35.5. The number of amides is 1. The van der Waals surface area contributed by atoms with E-state index in [1.165, 1.54) is 12.1 Å². The van der Waals surface area contributed by atoms with Gasteiger partial charge < -0.3 is 10.2 Å². The zero-order valence-corrected chi connectivity index (χ0v) is 16.2. The van der Waals surface area contributed by atoms with Crippen molar-refractivity contribution >= 4 is 34.4 Å². The maximum atomic E-state index is 13.5. The number of halogens is 2. The van der Waals surface area contributed by atoms with E-state index in [0.29, 0.717) is 40.7 Å². The van der Waals surface area contributed by atoms with Gasteiger partial charge >= 0.3 is 0 Å². The molecular formula is C21H20ClFN4O. The van der Waals surface area contributed by atoms with Crippen LogP contribution in [0, 0.1) is 12.7 Å². The predicted octanol–water partition coefficient (Wildman–Crippen LogP) is 4.02. The first-order valence-corrected chi connectivity index (χ1v) is 9.62. The van der Waals surface area contributed by atoms with Crippen molar-refractivity contribution in [1.82, 2.24) is 15.3 Å². The first-order valence-electron chi connectivity index (χ1n) is 9.24. The number of hydrogen-bond acceptors (Lipinski definition) is 4. The fraction of sp³-hybridized carbons (Fsp3) is 0.286. The molecule has 1 amide bonds. The zero-order valence-electron chi connectivity index (χ0n) is 15.5. The van der Waals surface area contributed by atoms with Crippen molar-refractivity contribution in [3.05, 3.63) is 64.6 Å². The first kappa shape index (κ1) is 18.6. The van der Waals surface area contributed by atoms with Gasteiger partial charge in [-0.3, -0.25) is 4.79 Å². The van der Waals surface area contributed by atoms with Crippen molar-refractivity contribution < 1.29 is 9.18 Å². The summed E-state index contributed by atoms with van der Waals surface area (Å²) in [5.74, 6) is 0.154. The Hall–Kier alpha value is -2.73. The van der Waals surface area contributed by atoms with Gasteiger partial charge in [-0.15, -0.1) is 0 Å². The Labute approximate surface area is 167 Å². The quantitative estimate of drug-likeness (QED) is 0.721. The van der Waals surface area contributed by atoms with Crippen LogP contribution in [0.15, 0.2) is 42.5 Å². The number of aryl methyl sites for hydroxylation is 1. The first-order chi connectivity index (χ1) is 13.5. The van der Waals surface area contributed by atoms with Gasteiger partial charge in [-0.05, 0) is 55.7 Å². The Morgan fingerprint density at radius 3 is 2.82 bits per heavy atom. The number of fused-ring (bicyclic) bond motifs is 1. The molecule has 1 aromatic heterocycles. The minimum atomic E-state index is -0.315. The van der Waals surface area contributed by atoms with Crippen LogP contribution < -0.4 is 10.2 Å². The van der Waals surface area contributed by atoms with Gasteiger partial charge in [0.05, 0.1) is 11.2 Å². The summed E-state index contributed by atoms with van der Waals surface area (Å²) in [6, 6.07) is 11.6. The molecule has 0 radical (unpaired) electrons. The lowest BCUT2D eigenvalue weighted by Crippen LogP contribution is -2.43. The number of carbonyl (C=O) groups is 1. The molecule has 3 aromatic rings. The maximum absolute atomic E-state index is 13.5. The summed E-state index contributed by atoms with van der Waals surface area (Å²) in [4.78, 5) is 23.8. The third-order valence-electron chi connectivity index (χ3n) is 5.03. The molecule has 1 atom stereocenters. The minimum absolute atomic E-state index is 0.0482. The molecule has 0 saturated carbocycles. The molecule has 5 nitrogen and oxygen atoms in total. The third-order valence-corrected chi connectivity index (χ3v) is 5.28. The fourth-order valence-corrected chi connectivity index (χ4v) is 3.68. The van der Waals surface area contributed by atoms with E-state index in [4.69, 9.17) is 11.6 Å². The van der Waals surface area contributed by atoms with Gasteiger partial charge in [-0.25, -0.2) is 14.4 Å². The number of nitrogens with zero attached hydrogens (tertiary/aromatic N) is 3. The summed E-state index contributed by atoms with van der Waals surface area (Å²) in [7, 11) is 0. The van der Waals surface area contributed by atoms with Crippen molar-refractivity contribution in [3.63, 3.8) is 0 Å². The topological polar surface area (TPSA) is 58.1 Å². The predicted molar refractivity (Wildman–Crippen MR) is 108 cm³/mol. The Kier molecular flexibility index (Phi) is 5.13. The van der Waals surface area contributed by atoms with Crippen LogP contribution in [-0.4, -0.2) is 28.5 Å². The summed E-state index contributed by atoms with van der Waals surface area (Å²) in [5.41, 5.74) is 2.37. The highest BCUT2D eigenvalue weighted by Gasteiger charge is 2.32. The molecule has 0 spiro atoms. The average Bonchev–Trinajstić information content (AvgIpc) is 3.18. The Morgan fingerprint density at radius 2 is 2.04 bits per heavy atom. The van der Waals surface area contributed by atoms with Crippen LogP contribution in [-0.2, 0) is 11.3 Å². The number of anilines is 1. The molecule has 1 aliphatic heterocycles. The molecule has 1 fully saturated rings. The summed E-state index contributed by atoms with van der Waals surface area (Å²) in [6.45, 7) is 2.99. The lowest BCUT2D eigenvalue weighted by atomic mass is 10.2. The molecule has 1 aliphatic rings. The Morgan fingerprint density at radius 1 is 1.25 bits per heavy atom.